The van der Waals surface area contributed by atoms with Crippen molar-refractivity contribution in [3.8, 4) is 0 Å². The third-order valence-corrected chi connectivity index (χ3v) is 0.671. The molecule has 0 aromatic rings. The Morgan fingerprint density at radius 3 is 2.00 bits per heavy atom. The molecule has 28 valence electrons. The van der Waals surface area contributed by atoms with Gasteiger partial charge in [-0.2, -0.15) is 12.6 Å². The largest absolute Gasteiger partial charge is 1.00 e. The molecule has 0 aromatic carbocycles. The summed E-state index contributed by atoms with van der Waals surface area (Å²) >= 11 is 3.92. The van der Waals surface area contributed by atoms with Crippen LogP contribution in [0, 0.1) is 0 Å². The molecule has 0 fully saturated rings. The molecule has 2 heteroatoms. The Hall–Kier alpha value is 1.99. The minimum absolute atomic E-state index is 0. The minimum atomic E-state index is 0. The van der Waals surface area contributed by atoms with Crippen molar-refractivity contribution in [1.29, 1.82) is 0 Å². The van der Waals surface area contributed by atoms with Crippen LogP contribution < -0.4 is 51.4 Å². The van der Waals surface area contributed by atoms with Crippen molar-refractivity contribution < 1.29 is 52.8 Å². The molecule has 0 aliphatic heterocycles. The molecule has 0 unspecified atom stereocenters. The van der Waals surface area contributed by atoms with Crippen LogP contribution >= 0.6 is 12.6 Å². The van der Waals surface area contributed by atoms with E-state index in [1.807, 2.05) is 0 Å². The van der Waals surface area contributed by atoms with Crippen LogP contribution in [0.5, 0.6) is 0 Å². The smallest absolute Gasteiger partial charge is 1.00 e. The summed E-state index contributed by atoms with van der Waals surface area (Å²) in [5.74, 6) is 1.01. The van der Waals surface area contributed by atoms with E-state index in [0.717, 1.165) is 5.75 Å². The van der Waals surface area contributed by atoms with Crippen molar-refractivity contribution in [3.63, 3.8) is 0 Å². The molecular formula is C3H9KS. The van der Waals surface area contributed by atoms with E-state index < -0.39 is 0 Å². The molecule has 0 nitrogen and oxygen atoms in total. The van der Waals surface area contributed by atoms with Crippen molar-refractivity contribution in [3.05, 3.63) is 0 Å². The van der Waals surface area contributed by atoms with Gasteiger partial charge in [-0.25, -0.2) is 0 Å². The molecule has 0 N–H and O–H groups in total. The van der Waals surface area contributed by atoms with E-state index in [0.29, 0.717) is 0 Å². The fourth-order valence-corrected chi connectivity index (χ4v) is 0. The summed E-state index contributed by atoms with van der Waals surface area (Å²) in [5.41, 5.74) is 0. The minimum Gasteiger partial charge on any atom is -1.00 e. The van der Waals surface area contributed by atoms with Gasteiger partial charge >= 0.3 is 51.4 Å². The summed E-state index contributed by atoms with van der Waals surface area (Å²) in [4.78, 5) is 0. The summed E-state index contributed by atoms with van der Waals surface area (Å²) < 4.78 is 0. The second kappa shape index (κ2) is 9.37. The first-order valence-electron chi connectivity index (χ1n) is 1.52. The Balaban J connectivity index is -0.0000000450. The van der Waals surface area contributed by atoms with Crippen molar-refractivity contribution in [1.82, 2.24) is 0 Å². The van der Waals surface area contributed by atoms with Crippen molar-refractivity contribution in [2.75, 3.05) is 5.75 Å². The predicted molar refractivity (Wildman–Crippen MR) is 25.3 cm³/mol. The summed E-state index contributed by atoms with van der Waals surface area (Å²) in [6, 6.07) is 0. The van der Waals surface area contributed by atoms with E-state index in [1.165, 1.54) is 6.42 Å². The summed E-state index contributed by atoms with van der Waals surface area (Å²) in [6.07, 6.45) is 1.18. The van der Waals surface area contributed by atoms with E-state index in [4.69, 9.17) is 0 Å². The monoisotopic (exact) mass is 116 g/mol. The Labute approximate surface area is 83.0 Å². The molecule has 0 radical (unpaired) electrons. The average Bonchev–Trinajstić information content (AvgIpc) is 1.37. The molecule has 0 aliphatic rings. The van der Waals surface area contributed by atoms with E-state index in [2.05, 4.69) is 19.6 Å². The van der Waals surface area contributed by atoms with E-state index in [9.17, 15) is 0 Å². The molecule has 0 saturated carbocycles. The molecular weight excluding hydrogens is 107 g/mol. The molecule has 0 rings (SSSR count). The van der Waals surface area contributed by atoms with Gasteiger partial charge in [-0.3, -0.25) is 0 Å². The first-order chi connectivity index (χ1) is 1.91. The van der Waals surface area contributed by atoms with Gasteiger partial charge in [0.25, 0.3) is 0 Å². The zero-order valence-corrected chi connectivity index (χ0v) is 7.88. The molecule has 0 saturated heterocycles. The summed E-state index contributed by atoms with van der Waals surface area (Å²) in [5, 5.41) is 0. The van der Waals surface area contributed by atoms with E-state index in [-0.39, 0.29) is 52.8 Å². The molecule has 0 atom stereocenters. The fraction of sp³-hybridized carbons (Fsp3) is 1.00. The zero-order valence-electron chi connectivity index (χ0n) is 4.86. The zero-order chi connectivity index (χ0) is 3.41. The van der Waals surface area contributed by atoms with Crippen LogP contribution in [0.25, 0.3) is 0 Å². The molecule has 0 amide bonds. The van der Waals surface area contributed by atoms with Gasteiger partial charge in [0.2, 0.25) is 0 Å². The van der Waals surface area contributed by atoms with Crippen LogP contribution in [-0.2, 0) is 0 Å². The second-order valence-corrected chi connectivity index (χ2v) is 1.17. The summed E-state index contributed by atoms with van der Waals surface area (Å²) in [7, 11) is 0. The maximum absolute atomic E-state index is 3.92. The van der Waals surface area contributed by atoms with Gasteiger partial charge in [-0.05, 0) is 12.2 Å². The van der Waals surface area contributed by atoms with Gasteiger partial charge in [0.05, 0.1) is 0 Å². The Bertz CT molecular complexity index is 12.8. The molecule has 5 heavy (non-hydrogen) atoms. The third kappa shape index (κ3) is 10.7. The van der Waals surface area contributed by atoms with Crippen molar-refractivity contribution in [2.45, 2.75) is 13.3 Å². The Morgan fingerprint density at radius 2 is 2.00 bits per heavy atom. The number of hydrogen-bond acceptors (Lipinski definition) is 1. The van der Waals surface area contributed by atoms with Gasteiger partial charge in [-0.1, -0.05) is 6.92 Å². The number of hydrogen-bond donors (Lipinski definition) is 1. The molecule has 0 heterocycles. The van der Waals surface area contributed by atoms with Gasteiger partial charge in [0, 0.05) is 0 Å². The van der Waals surface area contributed by atoms with Gasteiger partial charge in [0.1, 0.15) is 0 Å². The van der Waals surface area contributed by atoms with Crippen LogP contribution in [0.3, 0.4) is 0 Å². The third-order valence-electron chi connectivity index (χ3n) is 0.224. The fourth-order valence-electron chi connectivity index (χ4n) is 0. The summed E-state index contributed by atoms with van der Waals surface area (Å²) in [6.45, 7) is 2.10. The maximum Gasteiger partial charge on any atom is 1.00 e. The molecule has 0 aliphatic carbocycles. The van der Waals surface area contributed by atoms with Crippen molar-refractivity contribution >= 4 is 12.6 Å². The van der Waals surface area contributed by atoms with Crippen LogP contribution in [0.2, 0.25) is 0 Å². The van der Waals surface area contributed by atoms with Crippen LogP contribution in [0.1, 0.15) is 14.8 Å². The standard InChI is InChI=1S/C3H8S.K.H/c1-2-3-4;;/h4H,2-3H2,1H3;;/q;+1;-1. The normalized spacial score (nSPS) is 6.00. The van der Waals surface area contributed by atoms with Gasteiger partial charge in [0.15, 0.2) is 0 Å². The Morgan fingerprint density at radius 1 is 1.80 bits per heavy atom. The number of rotatable bonds is 1. The van der Waals surface area contributed by atoms with E-state index >= 15 is 0 Å². The van der Waals surface area contributed by atoms with Crippen LogP contribution in [0.4, 0.5) is 0 Å². The predicted octanol–water partition coefficient (Wildman–Crippen LogP) is -1.56. The maximum atomic E-state index is 3.92. The first kappa shape index (κ1) is 10.1. The van der Waals surface area contributed by atoms with Crippen LogP contribution in [0.15, 0.2) is 0 Å². The second-order valence-electron chi connectivity index (χ2n) is 0.724. The van der Waals surface area contributed by atoms with Gasteiger partial charge < -0.3 is 1.43 Å². The average molecular weight is 116 g/mol. The SMILES string of the molecule is CCCS.[H-].[K+]. The first-order valence-corrected chi connectivity index (χ1v) is 2.16. The Kier molecular flexibility index (Phi) is 18.9. The van der Waals surface area contributed by atoms with Crippen molar-refractivity contribution in [2.24, 2.45) is 0 Å². The van der Waals surface area contributed by atoms with Gasteiger partial charge in [-0.15, -0.1) is 0 Å². The quantitative estimate of drug-likeness (QED) is 0.311. The van der Waals surface area contributed by atoms with Crippen LogP contribution in [-0.4, -0.2) is 5.75 Å². The molecule has 0 aromatic heterocycles. The number of thiol groups is 1. The molecule has 0 spiro atoms. The molecule has 0 bridgehead atoms. The van der Waals surface area contributed by atoms with E-state index in [1.54, 1.807) is 0 Å². The topological polar surface area (TPSA) is 0 Å².